The van der Waals surface area contributed by atoms with Crippen LogP contribution < -0.4 is 5.32 Å². The Bertz CT molecular complexity index is 949. The summed E-state index contributed by atoms with van der Waals surface area (Å²) in [6.45, 7) is 7.52. The Hall–Kier alpha value is -1.98. The third kappa shape index (κ3) is 6.76. The van der Waals surface area contributed by atoms with E-state index in [1.807, 2.05) is 19.2 Å². The molecule has 11 heteroatoms. The van der Waals surface area contributed by atoms with Crippen LogP contribution in [0.3, 0.4) is 0 Å². The fraction of sp³-hybridized carbons (Fsp3) is 0.524. The number of allylic oxidation sites excluding steroid dienone is 1. The number of unbranched alkanes of at least 4 members (excludes halogenated alkanes) is 1. The number of rotatable bonds is 8. The molecule has 0 aliphatic carbocycles. The molecule has 1 aliphatic heterocycles. The van der Waals surface area contributed by atoms with Crippen LogP contribution in [0.15, 0.2) is 28.5 Å². The van der Waals surface area contributed by atoms with Crippen LogP contribution in [0, 0.1) is 6.92 Å². The van der Waals surface area contributed by atoms with Crippen LogP contribution in [-0.4, -0.2) is 44.6 Å². The molecule has 3 rings (SSSR count). The number of aliphatic imine (C=N–C) groups is 1. The van der Waals surface area contributed by atoms with E-state index in [0.29, 0.717) is 9.88 Å². The Kier molecular flexibility index (Phi) is 8.66. The maximum absolute atomic E-state index is 13.5. The first kappa shape index (κ1) is 24.7. The minimum atomic E-state index is -4.53. The highest BCUT2D eigenvalue weighted by atomic mass is 32.2. The molecule has 6 nitrogen and oxygen atoms in total. The highest BCUT2D eigenvalue weighted by molar-refractivity contribution is 8.00. The molecule has 0 spiro atoms. The number of anilines is 1. The van der Waals surface area contributed by atoms with Crippen molar-refractivity contribution >= 4 is 35.4 Å². The average molecular weight is 485 g/mol. The maximum Gasteiger partial charge on any atom is 0.420 e. The number of aromatic nitrogens is 3. The standard InChI is InChI=1S/C21H27F3N6S2/c1-4-6-9-25-18(5-2)32-30-10-7-15(8-11-30)28-20-27-12-16(21(22,23)24)19(29-20)17-13-26-14(3)31-17/h5,9,12-13,15H,4,6-8,10-11H2,1-3H3,(H,27,28,29)/b18-5+,25-9-. The van der Waals surface area contributed by atoms with E-state index < -0.39 is 11.7 Å². The Balaban J connectivity index is 1.64. The van der Waals surface area contributed by atoms with Gasteiger partial charge in [0.05, 0.1) is 15.6 Å². The fourth-order valence-electron chi connectivity index (χ4n) is 3.16. The second-order valence-electron chi connectivity index (χ2n) is 7.36. The number of nitrogens with one attached hydrogen (secondary N) is 1. The number of nitrogens with zero attached hydrogens (tertiary/aromatic N) is 5. The van der Waals surface area contributed by atoms with E-state index in [1.54, 1.807) is 18.9 Å². The summed E-state index contributed by atoms with van der Waals surface area (Å²) < 4.78 is 42.7. The second-order valence-corrected chi connectivity index (χ2v) is 9.72. The molecule has 2 aromatic heterocycles. The number of aryl methyl sites for hydroxylation is 1. The number of alkyl halides is 3. The van der Waals surface area contributed by atoms with Crippen molar-refractivity contribution in [2.24, 2.45) is 4.99 Å². The zero-order chi connectivity index (χ0) is 23.1. The van der Waals surface area contributed by atoms with E-state index in [4.69, 9.17) is 0 Å². The largest absolute Gasteiger partial charge is 0.420 e. The van der Waals surface area contributed by atoms with Crippen LogP contribution in [0.5, 0.6) is 0 Å². The van der Waals surface area contributed by atoms with Crippen molar-refractivity contribution < 1.29 is 13.2 Å². The van der Waals surface area contributed by atoms with Crippen LogP contribution in [0.1, 0.15) is 50.1 Å². The Morgan fingerprint density at radius 3 is 2.66 bits per heavy atom. The smallest absolute Gasteiger partial charge is 0.351 e. The van der Waals surface area contributed by atoms with Gasteiger partial charge in [-0.2, -0.15) is 13.2 Å². The molecule has 0 atom stereocenters. The molecular formula is C21H27F3N6S2. The predicted octanol–water partition coefficient (Wildman–Crippen LogP) is 6.18. The number of hydrogen-bond donors (Lipinski definition) is 1. The van der Waals surface area contributed by atoms with Gasteiger partial charge in [-0.3, -0.25) is 4.99 Å². The SMILES string of the molecule is C/C=C(\N=C/CCC)SN1CCC(Nc2ncc(C(F)(F)F)c(-c3cnc(C)s3)n2)CC1. The first-order valence-corrected chi connectivity index (χ1v) is 12.1. The van der Waals surface area contributed by atoms with Gasteiger partial charge in [0.15, 0.2) is 0 Å². The lowest BCUT2D eigenvalue weighted by Crippen LogP contribution is -2.36. The number of piperidine rings is 1. The van der Waals surface area contributed by atoms with Crippen molar-refractivity contribution in [3.05, 3.63) is 34.1 Å². The molecule has 0 unspecified atom stereocenters. The minimum absolute atomic E-state index is 0.0947. The van der Waals surface area contributed by atoms with Gasteiger partial charge >= 0.3 is 6.18 Å². The molecule has 1 fully saturated rings. The minimum Gasteiger partial charge on any atom is -0.351 e. The monoisotopic (exact) mass is 484 g/mol. The zero-order valence-corrected chi connectivity index (χ0v) is 19.9. The fourth-order valence-corrected chi connectivity index (χ4v) is 4.82. The molecule has 0 aromatic carbocycles. The van der Waals surface area contributed by atoms with E-state index in [0.717, 1.165) is 50.0 Å². The molecule has 1 N–H and O–H groups in total. The van der Waals surface area contributed by atoms with E-state index in [-0.39, 0.29) is 17.7 Å². The molecule has 0 bridgehead atoms. The summed E-state index contributed by atoms with van der Waals surface area (Å²) in [4.78, 5) is 17.1. The van der Waals surface area contributed by atoms with Crippen molar-refractivity contribution in [2.75, 3.05) is 18.4 Å². The van der Waals surface area contributed by atoms with Gasteiger partial charge in [0.2, 0.25) is 5.95 Å². The molecule has 0 saturated carbocycles. The van der Waals surface area contributed by atoms with Crippen LogP contribution in [0.4, 0.5) is 19.1 Å². The molecule has 2 aromatic rings. The van der Waals surface area contributed by atoms with Crippen molar-refractivity contribution in [2.45, 2.75) is 58.7 Å². The Morgan fingerprint density at radius 1 is 1.31 bits per heavy atom. The third-order valence-electron chi connectivity index (χ3n) is 4.84. The molecule has 1 aliphatic rings. The summed E-state index contributed by atoms with van der Waals surface area (Å²) in [6, 6.07) is 0.0947. The highest BCUT2D eigenvalue weighted by Crippen LogP contribution is 2.38. The van der Waals surface area contributed by atoms with Gasteiger partial charge in [0, 0.05) is 37.7 Å². The molecule has 174 valence electrons. The van der Waals surface area contributed by atoms with Crippen LogP contribution in [0.25, 0.3) is 10.6 Å². The van der Waals surface area contributed by atoms with E-state index in [1.165, 1.54) is 17.5 Å². The molecule has 0 amide bonds. The molecule has 1 saturated heterocycles. The Morgan fingerprint density at radius 2 is 2.06 bits per heavy atom. The molecule has 3 heterocycles. The topological polar surface area (TPSA) is 66.3 Å². The number of hydrogen-bond acceptors (Lipinski definition) is 8. The van der Waals surface area contributed by atoms with E-state index >= 15 is 0 Å². The average Bonchev–Trinajstić information content (AvgIpc) is 3.20. The maximum atomic E-state index is 13.5. The lowest BCUT2D eigenvalue weighted by atomic mass is 10.1. The molecule has 0 radical (unpaired) electrons. The van der Waals surface area contributed by atoms with E-state index in [2.05, 4.69) is 36.5 Å². The van der Waals surface area contributed by atoms with Gasteiger partial charge < -0.3 is 5.32 Å². The van der Waals surface area contributed by atoms with Crippen molar-refractivity contribution in [1.29, 1.82) is 0 Å². The summed E-state index contributed by atoms with van der Waals surface area (Å²) in [5, 5.41) is 4.88. The molecule has 32 heavy (non-hydrogen) atoms. The van der Waals surface area contributed by atoms with Gasteiger partial charge in [-0.25, -0.2) is 19.3 Å². The highest BCUT2D eigenvalue weighted by Gasteiger charge is 2.36. The molecular weight excluding hydrogens is 457 g/mol. The van der Waals surface area contributed by atoms with E-state index in [9.17, 15) is 13.2 Å². The van der Waals surface area contributed by atoms with Gasteiger partial charge in [0.25, 0.3) is 0 Å². The normalized spacial score (nSPS) is 16.8. The van der Waals surface area contributed by atoms with Gasteiger partial charge in [-0.1, -0.05) is 19.4 Å². The number of thiazole rings is 1. The summed E-state index contributed by atoms with van der Waals surface area (Å²) in [6.07, 6.45) is 5.40. The summed E-state index contributed by atoms with van der Waals surface area (Å²) >= 11 is 2.82. The third-order valence-corrected chi connectivity index (χ3v) is 6.91. The van der Waals surface area contributed by atoms with Crippen LogP contribution in [-0.2, 0) is 6.18 Å². The first-order valence-electron chi connectivity index (χ1n) is 10.6. The van der Waals surface area contributed by atoms with Crippen molar-refractivity contribution in [3.8, 4) is 10.6 Å². The van der Waals surface area contributed by atoms with Gasteiger partial charge in [0.1, 0.15) is 10.6 Å². The summed E-state index contributed by atoms with van der Waals surface area (Å²) in [7, 11) is 0. The van der Waals surface area contributed by atoms with Crippen LogP contribution >= 0.6 is 23.3 Å². The quantitative estimate of drug-likeness (QED) is 0.356. The van der Waals surface area contributed by atoms with Gasteiger partial charge in [-0.05, 0) is 45.1 Å². The first-order chi connectivity index (χ1) is 15.3. The summed E-state index contributed by atoms with van der Waals surface area (Å²) in [5.74, 6) is 0.212. The zero-order valence-electron chi connectivity index (χ0n) is 18.3. The summed E-state index contributed by atoms with van der Waals surface area (Å²) in [5.41, 5.74) is -0.975. The van der Waals surface area contributed by atoms with Gasteiger partial charge in [-0.15, -0.1) is 11.3 Å². The van der Waals surface area contributed by atoms with Crippen molar-refractivity contribution in [3.63, 3.8) is 0 Å². The van der Waals surface area contributed by atoms with Crippen molar-refractivity contribution in [1.82, 2.24) is 19.3 Å². The van der Waals surface area contributed by atoms with Crippen LogP contribution in [0.2, 0.25) is 0 Å². The lowest BCUT2D eigenvalue weighted by Gasteiger charge is -2.31. The second kappa shape index (κ2) is 11.2. The predicted molar refractivity (Wildman–Crippen MR) is 126 cm³/mol. The number of halogens is 3. The Labute approximate surface area is 194 Å². The lowest BCUT2D eigenvalue weighted by molar-refractivity contribution is -0.137.